The average molecular weight is 436 g/mol. The summed E-state index contributed by atoms with van der Waals surface area (Å²) in [5.41, 5.74) is 4.43. The second-order valence-corrected chi connectivity index (χ2v) is 9.16. The summed E-state index contributed by atoms with van der Waals surface area (Å²) in [4.78, 5) is 9.06. The van der Waals surface area contributed by atoms with Crippen LogP contribution >= 0.6 is 0 Å². The van der Waals surface area contributed by atoms with Crippen LogP contribution in [0.25, 0.3) is 0 Å². The maximum Gasteiger partial charge on any atom is 0.126 e. The predicted molar refractivity (Wildman–Crippen MR) is 126 cm³/mol. The SMILES string of the molecule is Cc1nn(C)cc1CN(C)[C@H](Cc1ccccc1F)C1CCN(Cc2ccncc2)CC1. The molecule has 4 rings (SSSR count). The van der Waals surface area contributed by atoms with Gasteiger partial charge >= 0.3 is 0 Å². The summed E-state index contributed by atoms with van der Waals surface area (Å²) in [5, 5.41) is 4.50. The van der Waals surface area contributed by atoms with Crippen LogP contribution in [-0.4, -0.2) is 50.7 Å². The molecule has 6 heteroatoms. The summed E-state index contributed by atoms with van der Waals surface area (Å²) in [5.74, 6) is 0.434. The molecule has 170 valence electrons. The lowest BCUT2D eigenvalue weighted by Gasteiger charge is -2.40. The minimum absolute atomic E-state index is 0.0985. The fourth-order valence-electron chi connectivity index (χ4n) is 5.00. The van der Waals surface area contributed by atoms with Gasteiger partial charge in [-0.2, -0.15) is 5.10 Å². The first-order valence-corrected chi connectivity index (χ1v) is 11.5. The number of hydrogen-bond donors (Lipinski definition) is 0. The van der Waals surface area contributed by atoms with E-state index in [9.17, 15) is 4.39 Å². The van der Waals surface area contributed by atoms with E-state index < -0.39 is 0 Å². The molecule has 3 aromatic rings. The second-order valence-electron chi connectivity index (χ2n) is 9.16. The van der Waals surface area contributed by atoms with E-state index in [1.165, 1.54) is 11.1 Å². The molecule has 0 radical (unpaired) electrons. The molecule has 32 heavy (non-hydrogen) atoms. The zero-order chi connectivity index (χ0) is 22.5. The Hall–Kier alpha value is -2.57. The normalized spacial score (nSPS) is 16.5. The van der Waals surface area contributed by atoms with E-state index in [1.807, 2.05) is 36.3 Å². The van der Waals surface area contributed by atoms with Gasteiger partial charge in [0.2, 0.25) is 0 Å². The second kappa shape index (κ2) is 10.4. The number of likely N-dealkylation sites (tertiary alicyclic amines) is 1. The van der Waals surface area contributed by atoms with Crippen molar-refractivity contribution in [2.75, 3.05) is 20.1 Å². The van der Waals surface area contributed by atoms with Crippen LogP contribution in [0, 0.1) is 18.7 Å². The van der Waals surface area contributed by atoms with Crippen LogP contribution in [-0.2, 0) is 26.6 Å². The van der Waals surface area contributed by atoms with Crippen molar-refractivity contribution >= 4 is 0 Å². The molecule has 0 bridgehead atoms. The number of piperidine rings is 1. The molecule has 3 heterocycles. The van der Waals surface area contributed by atoms with Gasteiger partial charge in [-0.3, -0.25) is 19.5 Å². The van der Waals surface area contributed by atoms with Crippen LogP contribution in [0.5, 0.6) is 0 Å². The molecule has 1 aromatic carbocycles. The van der Waals surface area contributed by atoms with Gasteiger partial charge in [0, 0.05) is 50.3 Å². The molecule has 0 N–H and O–H groups in total. The first kappa shape index (κ1) is 22.6. The highest BCUT2D eigenvalue weighted by Gasteiger charge is 2.30. The van der Waals surface area contributed by atoms with Gasteiger partial charge in [-0.25, -0.2) is 4.39 Å². The van der Waals surface area contributed by atoms with Crippen molar-refractivity contribution in [3.8, 4) is 0 Å². The van der Waals surface area contributed by atoms with E-state index in [-0.39, 0.29) is 11.9 Å². The Morgan fingerprint density at radius 1 is 1.09 bits per heavy atom. The highest BCUT2D eigenvalue weighted by atomic mass is 19.1. The Morgan fingerprint density at radius 3 is 2.47 bits per heavy atom. The fourth-order valence-corrected chi connectivity index (χ4v) is 5.00. The van der Waals surface area contributed by atoms with E-state index >= 15 is 0 Å². The molecule has 0 unspecified atom stereocenters. The lowest BCUT2D eigenvalue weighted by atomic mass is 9.84. The highest BCUT2D eigenvalue weighted by molar-refractivity contribution is 5.20. The minimum atomic E-state index is -0.0985. The van der Waals surface area contributed by atoms with Gasteiger partial charge in [-0.15, -0.1) is 0 Å². The van der Waals surface area contributed by atoms with Gasteiger partial charge in [-0.05, 0) is 81.6 Å². The number of aryl methyl sites for hydroxylation is 2. The van der Waals surface area contributed by atoms with E-state index in [0.717, 1.165) is 56.7 Å². The van der Waals surface area contributed by atoms with Crippen molar-refractivity contribution in [2.45, 2.75) is 45.3 Å². The van der Waals surface area contributed by atoms with Gasteiger partial charge in [-0.1, -0.05) is 18.2 Å². The van der Waals surface area contributed by atoms with Crippen molar-refractivity contribution in [3.05, 3.63) is 83.2 Å². The molecular formula is C26H34FN5. The van der Waals surface area contributed by atoms with Gasteiger partial charge in [0.05, 0.1) is 5.69 Å². The monoisotopic (exact) mass is 435 g/mol. The number of likely N-dealkylation sites (N-methyl/N-ethyl adjacent to an activating group) is 1. The fraction of sp³-hybridized carbons (Fsp3) is 0.462. The molecule has 0 aliphatic carbocycles. The third-order valence-electron chi connectivity index (χ3n) is 6.82. The van der Waals surface area contributed by atoms with Crippen LogP contribution < -0.4 is 0 Å². The first-order chi connectivity index (χ1) is 15.5. The molecule has 1 fully saturated rings. The quantitative estimate of drug-likeness (QED) is 0.531. The summed E-state index contributed by atoms with van der Waals surface area (Å²) in [7, 11) is 4.15. The van der Waals surface area contributed by atoms with Gasteiger partial charge in [0.25, 0.3) is 0 Å². The van der Waals surface area contributed by atoms with E-state index in [2.05, 4.69) is 52.2 Å². The smallest absolute Gasteiger partial charge is 0.126 e. The summed E-state index contributed by atoms with van der Waals surface area (Å²) in [6.07, 6.45) is 8.81. The molecule has 1 aliphatic heterocycles. The third kappa shape index (κ3) is 5.61. The van der Waals surface area contributed by atoms with Crippen molar-refractivity contribution in [1.82, 2.24) is 24.6 Å². The van der Waals surface area contributed by atoms with Crippen LogP contribution in [0.15, 0.2) is 55.0 Å². The number of hydrogen-bond acceptors (Lipinski definition) is 4. The van der Waals surface area contributed by atoms with Gasteiger partial charge < -0.3 is 0 Å². The molecule has 0 spiro atoms. The zero-order valence-electron chi connectivity index (χ0n) is 19.4. The number of pyridine rings is 1. The largest absolute Gasteiger partial charge is 0.299 e. The Kier molecular flexibility index (Phi) is 7.33. The molecule has 1 atom stereocenters. The lowest BCUT2D eigenvalue weighted by Crippen LogP contribution is -2.45. The van der Waals surface area contributed by atoms with Crippen molar-refractivity contribution in [2.24, 2.45) is 13.0 Å². The molecule has 0 saturated carbocycles. The maximum atomic E-state index is 14.5. The Balaban J connectivity index is 1.46. The molecule has 1 aliphatic rings. The highest BCUT2D eigenvalue weighted by Crippen LogP contribution is 2.29. The van der Waals surface area contributed by atoms with Crippen LogP contribution in [0.1, 0.15) is 35.2 Å². The summed E-state index contributed by atoms with van der Waals surface area (Å²) in [6, 6.07) is 11.7. The number of benzene rings is 1. The predicted octanol–water partition coefficient (Wildman–Crippen LogP) is 4.22. The molecule has 2 aromatic heterocycles. The molecule has 0 amide bonds. The first-order valence-electron chi connectivity index (χ1n) is 11.5. The van der Waals surface area contributed by atoms with Crippen molar-refractivity contribution in [1.29, 1.82) is 0 Å². The van der Waals surface area contributed by atoms with E-state index in [4.69, 9.17) is 0 Å². The number of halogens is 1. The molecule has 5 nitrogen and oxygen atoms in total. The van der Waals surface area contributed by atoms with E-state index in [0.29, 0.717) is 5.92 Å². The molecule has 1 saturated heterocycles. The standard InChI is InChI=1S/C26H34FN5/c1-20-24(19-31(3)29-20)18-30(2)26(16-23-6-4-5-7-25(23)27)22-10-14-32(15-11-22)17-21-8-12-28-13-9-21/h4-9,12-13,19,22,26H,10-11,14-18H2,1-3H3/t26-/m1/s1. The van der Waals surface area contributed by atoms with Crippen LogP contribution in [0.2, 0.25) is 0 Å². The lowest BCUT2D eigenvalue weighted by molar-refractivity contribution is 0.0948. The van der Waals surface area contributed by atoms with Gasteiger partial charge in [0.1, 0.15) is 5.82 Å². The topological polar surface area (TPSA) is 37.2 Å². The summed E-state index contributed by atoms with van der Waals surface area (Å²) >= 11 is 0. The van der Waals surface area contributed by atoms with Crippen molar-refractivity contribution < 1.29 is 4.39 Å². The van der Waals surface area contributed by atoms with Crippen LogP contribution in [0.3, 0.4) is 0 Å². The van der Waals surface area contributed by atoms with Crippen LogP contribution in [0.4, 0.5) is 4.39 Å². The number of rotatable bonds is 8. The Labute approximate surface area is 190 Å². The number of aromatic nitrogens is 3. The average Bonchev–Trinajstić information content (AvgIpc) is 3.11. The minimum Gasteiger partial charge on any atom is -0.299 e. The Bertz CT molecular complexity index is 994. The van der Waals surface area contributed by atoms with E-state index in [1.54, 1.807) is 12.1 Å². The Morgan fingerprint density at radius 2 is 1.81 bits per heavy atom. The third-order valence-corrected chi connectivity index (χ3v) is 6.82. The zero-order valence-corrected chi connectivity index (χ0v) is 19.4. The summed E-state index contributed by atoms with van der Waals surface area (Å²) < 4.78 is 16.4. The number of nitrogens with zero attached hydrogens (tertiary/aromatic N) is 5. The van der Waals surface area contributed by atoms with Gasteiger partial charge in [0.15, 0.2) is 0 Å². The summed E-state index contributed by atoms with van der Waals surface area (Å²) in [6.45, 7) is 6.00. The molecular weight excluding hydrogens is 401 g/mol. The maximum absolute atomic E-state index is 14.5. The van der Waals surface area contributed by atoms with Crippen molar-refractivity contribution in [3.63, 3.8) is 0 Å².